The van der Waals surface area contributed by atoms with Crippen LogP contribution in [0.2, 0.25) is 5.02 Å². The van der Waals surface area contributed by atoms with Gasteiger partial charge in [-0.1, -0.05) is 31.5 Å². The van der Waals surface area contributed by atoms with Gasteiger partial charge in [0, 0.05) is 16.3 Å². The second-order valence-electron chi connectivity index (χ2n) is 7.88. The molecule has 1 atom stereocenters. The van der Waals surface area contributed by atoms with Gasteiger partial charge in [-0.3, -0.25) is 4.79 Å². The number of nitrogens with one attached hydrogen (secondary N) is 1. The third-order valence-corrected chi connectivity index (χ3v) is 5.74. The van der Waals surface area contributed by atoms with Crippen molar-refractivity contribution in [1.29, 1.82) is 0 Å². The Morgan fingerprint density at radius 3 is 2.62 bits per heavy atom. The van der Waals surface area contributed by atoms with E-state index in [2.05, 4.69) is 36.3 Å². The lowest BCUT2D eigenvalue weighted by molar-refractivity contribution is -0.118. The van der Waals surface area contributed by atoms with Crippen LogP contribution in [-0.4, -0.2) is 17.5 Å². The minimum absolute atomic E-state index is 0.0894. The van der Waals surface area contributed by atoms with Gasteiger partial charge in [-0.15, -0.1) is 0 Å². The average Bonchev–Trinajstić information content (AvgIpc) is 3.22. The number of oxazole rings is 1. The number of anilines is 1. The van der Waals surface area contributed by atoms with Crippen molar-refractivity contribution < 1.29 is 13.9 Å². The quantitative estimate of drug-likeness (QED) is 0.331. The summed E-state index contributed by atoms with van der Waals surface area (Å²) >= 11 is 5.95. The van der Waals surface area contributed by atoms with Crippen LogP contribution in [0, 0.1) is 6.92 Å². The molecule has 1 amide bonds. The Morgan fingerprint density at radius 2 is 1.91 bits per heavy atom. The number of ether oxygens (including phenoxy) is 1. The van der Waals surface area contributed by atoms with E-state index >= 15 is 0 Å². The van der Waals surface area contributed by atoms with Gasteiger partial charge in [-0.05, 0) is 85.0 Å². The van der Waals surface area contributed by atoms with Crippen LogP contribution >= 0.6 is 11.6 Å². The highest BCUT2D eigenvalue weighted by atomic mass is 35.5. The van der Waals surface area contributed by atoms with Gasteiger partial charge in [-0.25, -0.2) is 4.98 Å². The lowest BCUT2D eigenvalue weighted by atomic mass is 9.98. The summed E-state index contributed by atoms with van der Waals surface area (Å²) in [6.07, 6.45) is 1.08. The normalized spacial score (nSPS) is 12.0. The van der Waals surface area contributed by atoms with Crippen LogP contribution in [0.5, 0.6) is 5.75 Å². The van der Waals surface area contributed by atoms with Crippen LogP contribution in [0.15, 0.2) is 65.1 Å². The molecule has 4 rings (SSSR count). The largest absolute Gasteiger partial charge is 0.483 e. The molecule has 1 N–H and O–H groups in total. The van der Waals surface area contributed by atoms with Gasteiger partial charge in [-0.2, -0.15) is 0 Å². The number of carbonyl (C=O) groups excluding carboxylic acids is 1. The molecule has 6 heteroatoms. The molecule has 0 aliphatic heterocycles. The van der Waals surface area contributed by atoms with Gasteiger partial charge in [0.25, 0.3) is 5.91 Å². The van der Waals surface area contributed by atoms with E-state index in [4.69, 9.17) is 20.8 Å². The molecule has 3 aromatic carbocycles. The molecule has 0 aliphatic carbocycles. The Balaban J connectivity index is 1.41. The van der Waals surface area contributed by atoms with Gasteiger partial charge in [0.15, 0.2) is 12.2 Å². The van der Waals surface area contributed by atoms with Crippen molar-refractivity contribution in [3.63, 3.8) is 0 Å². The second-order valence-corrected chi connectivity index (χ2v) is 8.32. The molecule has 5 nitrogen and oxygen atoms in total. The van der Waals surface area contributed by atoms with Crippen LogP contribution in [0.3, 0.4) is 0 Å². The van der Waals surface area contributed by atoms with Crippen molar-refractivity contribution in [2.24, 2.45) is 0 Å². The molecule has 1 heterocycles. The average molecular weight is 449 g/mol. The molecule has 0 saturated carbocycles. The molecule has 164 valence electrons. The molecule has 0 spiro atoms. The summed E-state index contributed by atoms with van der Waals surface area (Å²) in [5.41, 5.74) is 5.27. The van der Waals surface area contributed by atoms with Crippen LogP contribution in [-0.2, 0) is 4.79 Å². The number of benzene rings is 3. The topological polar surface area (TPSA) is 64.4 Å². The second kappa shape index (κ2) is 9.45. The first-order chi connectivity index (χ1) is 15.4. The van der Waals surface area contributed by atoms with Crippen LogP contribution in [0.1, 0.15) is 37.3 Å². The van der Waals surface area contributed by atoms with E-state index < -0.39 is 0 Å². The first-order valence-corrected chi connectivity index (χ1v) is 11.0. The number of rotatable bonds is 7. The first-order valence-electron chi connectivity index (χ1n) is 10.6. The van der Waals surface area contributed by atoms with E-state index in [9.17, 15) is 4.79 Å². The minimum atomic E-state index is -0.244. The van der Waals surface area contributed by atoms with E-state index in [0.29, 0.717) is 28.3 Å². The van der Waals surface area contributed by atoms with Crippen LogP contribution in [0.4, 0.5) is 5.69 Å². The van der Waals surface area contributed by atoms with E-state index in [-0.39, 0.29) is 12.5 Å². The molecule has 4 aromatic rings. The summed E-state index contributed by atoms with van der Waals surface area (Å²) in [6, 6.07) is 18.8. The van der Waals surface area contributed by atoms with Gasteiger partial charge in [0.1, 0.15) is 11.3 Å². The monoisotopic (exact) mass is 448 g/mol. The van der Waals surface area contributed by atoms with Gasteiger partial charge in [0.2, 0.25) is 5.89 Å². The van der Waals surface area contributed by atoms with E-state index in [0.717, 1.165) is 28.6 Å². The molecule has 1 aromatic heterocycles. The maximum absolute atomic E-state index is 12.3. The predicted octanol–water partition coefficient (Wildman–Crippen LogP) is 6.99. The van der Waals surface area contributed by atoms with Crippen LogP contribution < -0.4 is 10.1 Å². The zero-order chi connectivity index (χ0) is 22.7. The van der Waals surface area contributed by atoms with Gasteiger partial charge >= 0.3 is 0 Å². The molecule has 32 heavy (non-hydrogen) atoms. The number of aromatic nitrogens is 1. The number of nitrogens with zero attached hydrogens (tertiary/aromatic N) is 1. The first kappa shape index (κ1) is 21.9. The smallest absolute Gasteiger partial charge is 0.262 e. The number of amides is 1. The van der Waals surface area contributed by atoms with Gasteiger partial charge < -0.3 is 14.5 Å². The van der Waals surface area contributed by atoms with Crippen molar-refractivity contribution in [2.45, 2.75) is 33.1 Å². The van der Waals surface area contributed by atoms with Crippen molar-refractivity contribution in [3.05, 3.63) is 76.8 Å². The SMILES string of the molecule is CCC(C)c1ccc2oc(-c3ccc(NC(=O)COc4ccc(Cl)cc4C)cc3)nc2c1. The predicted molar refractivity (Wildman–Crippen MR) is 128 cm³/mol. The standard InChI is InChI=1S/C26H25ClN2O3/c1-4-16(2)19-7-11-24-22(14-19)29-26(32-24)18-5-9-21(10-6-18)28-25(30)15-31-23-12-8-20(27)13-17(23)3/h5-14,16H,4,15H2,1-3H3,(H,28,30). The molecular formula is C26H25ClN2O3. The highest BCUT2D eigenvalue weighted by Crippen LogP contribution is 2.28. The van der Waals surface area contributed by atoms with E-state index in [1.54, 1.807) is 18.2 Å². The van der Waals surface area contributed by atoms with Crippen molar-refractivity contribution in [3.8, 4) is 17.2 Å². The summed E-state index contributed by atoms with van der Waals surface area (Å²) in [5.74, 6) is 1.43. The number of halogens is 1. The number of hydrogen-bond donors (Lipinski definition) is 1. The van der Waals surface area contributed by atoms with Crippen molar-refractivity contribution in [2.75, 3.05) is 11.9 Å². The molecule has 0 bridgehead atoms. The fourth-order valence-corrected chi connectivity index (χ4v) is 3.65. The summed E-state index contributed by atoms with van der Waals surface area (Å²) in [6.45, 7) is 6.17. The van der Waals surface area contributed by atoms with E-state index in [1.165, 1.54) is 5.56 Å². The lowest BCUT2D eigenvalue weighted by Crippen LogP contribution is -2.20. The fraction of sp³-hybridized carbons (Fsp3) is 0.231. The zero-order valence-electron chi connectivity index (χ0n) is 18.3. The number of hydrogen-bond acceptors (Lipinski definition) is 4. The maximum Gasteiger partial charge on any atom is 0.262 e. The number of aryl methyl sites for hydroxylation is 1. The van der Waals surface area contributed by atoms with E-state index in [1.807, 2.05) is 37.3 Å². The highest BCUT2D eigenvalue weighted by molar-refractivity contribution is 6.30. The van der Waals surface area contributed by atoms with Crippen molar-refractivity contribution in [1.82, 2.24) is 4.98 Å². The Labute approximate surface area is 192 Å². The zero-order valence-corrected chi connectivity index (χ0v) is 19.1. The third kappa shape index (κ3) is 4.94. The summed E-state index contributed by atoms with van der Waals surface area (Å²) < 4.78 is 11.5. The summed E-state index contributed by atoms with van der Waals surface area (Å²) in [4.78, 5) is 16.9. The van der Waals surface area contributed by atoms with Crippen LogP contribution in [0.25, 0.3) is 22.6 Å². The number of carbonyl (C=O) groups is 1. The molecule has 0 fully saturated rings. The van der Waals surface area contributed by atoms with Crippen molar-refractivity contribution >= 4 is 34.3 Å². The Kier molecular flexibility index (Phi) is 6.47. The third-order valence-electron chi connectivity index (χ3n) is 5.50. The Hall–Kier alpha value is -3.31. The Bertz CT molecular complexity index is 1250. The summed E-state index contributed by atoms with van der Waals surface area (Å²) in [5, 5.41) is 3.47. The lowest BCUT2D eigenvalue weighted by Gasteiger charge is -2.10. The molecule has 1 unspecified atom stereocenters. The Morgan fingerprint density at radius 1 is 1.12 bits per heavy atom. The summed E-state index contributed by atoms with van der Waals surface area (Å²) in [7, 11) is 0. The molecule has 0 radical (unpaired) electrons. The minimum Gasteiger partial charge on any atom is -0.483 e. The van der Waals surface area contributed by atoms with Gasteiger partial charge in [0.05, 0.1) is 0 Å². The number of fused-ring (bicyclic) bond motifs is 1. The molecule has 0 saturated heterocycles. The molecular weight excluding hydrogens is 424 g/mol. The highest BCUT2D eigenvalue weighted by Gasteiger charge is 2.12. The fourth-order valence-electron chi connectivity index (χ4n) is 3.42. The maximum atomic E-state index is 12.3. The molecule has 0 aliphatic rings.